The van der Waals surface area contributed by atoms with Crippen LogP contribution in [-0.2, 0) is 6.42 Å². The van der Waals surface area contributed by atoms with Gasteiger partial charge in [0.1, 0.15) is 11.5 Å². The quantitative estimate of drug-likeness (QED) is 0.397. The van der Waals surface area contributed by atoms with Crippen LogP contribution in [0, 0.1) is 0 Å². The Morgan fingerprint density at radius 2 is 1.77 bits per heavy atom. The first-order valence-corrected chi connectivity index (χ1v) is 12.0. The highest BCUT2D eigenvalue weighted by molar-refractivity contribution is 5.98. The number of fused-ring (bicyclic) bond motifs is 1. The topological polar surface area (TPSA) is 71.5 Å². The Bertz CT molecular complexity index is 1300. The predicted molar refractivity (Wildman–Crippen MR) is 142 cm³/mol. The summed E-state index contributed by atoms with van der Waals surface area (Å²) in [5, 5.41) is 9.18. The maximum Gasteiger partial charge on any atom is 0.223 e. The average molecular weight is 470 g/mol. The van der Waals surface area contributed by atoms with Gasteiger partial charge < -0.3 is 25.0 Å². The number of hydrogen-bond acceptors (Lipinski definition) is 7. The van der Waals surface area contributed by atoms with E-state index >= 15 is 0 Å². The van der Waals surface area contributed by atoms with Crippen LogP contribution in [0.15, 0.2) is 66.9 Å². The van der Waals surface area contributed by atoms with Crippen molar-refractivity contribution in [3.8, 4) is 22.8 Å². The van der Waals surface area contributed by atoms with Crippen LogP contribution in [0.3, 0.4) is 0 Å². The number of methoxy groups -OCH3 is 2. The summed E-state index contributed by atoms with van der Waals surface area (Å²) in [6.45, 7) is 4.63. The number of aromatic nitrogens is 2. The fourth-order valence-corrected chi connectivity index (χ4v) is 4.51. The van der Waals surface area contributed by atoms with Crippen molar-refractivity contribution in [2.75, 3.05) is 57.2 Å². The number of piperazine rings is 1. The number of ether oxygens (including phenoxy) is 2. The molecule has 0 unspecified atom stereocenters. The van der Waals surface area contributed by atoms with Gasteiger partial charge in [0, 0.05) is 55.6 Å². The van der Waals surface area contributed by atoms with Crippen molar-refractivity contribution in [2.45, 2.75) is 6.42 Å². The second-order valence-electron chi connectivity index (χ2n) is 8.61. The van der Waals surface area contributed by atoms with Crippen LogP contribution in [-0.4, -0.2) is 56.9 Å². The third-order valence-corrected chi connectivity index (χ3v) is 6.38. The summed E-state index contributed by atoms with van der Waals surface area (Å²) in [4.78, 5) is 11.7. The molecule has 2 N–H and O–H groups in total. The molecule has 2 heterocycles. The molecular weight excluding hydrogens is 438 g/mol. The van der Waals surface area contributed by atoms with Crippen molar-refractivity contribution >= 4 is 22.4 Å². The highest BCUT2D eigenvalue weighted by Crippen LogP contribution is 2.35. The molecule has 0 bridgehead atoms. The summed E-state index contributed by atoms with van der Waals surface area (Å²) >= 11 is 0. The summed E-state index contributed by atoms with van der Waals surface area (Å²) in [5.41, 5.74) is 4.40. The molecule has 5 rings (SSSR count). The summed E-state index contributed by atoms with van der Waals surface area (Å²) < 4.78 is 10.8. The van der Waals surface area contributed by atoms with Gasteiger partial charge in [-0.2, -0.15) is 0 Å². The van der Waals surface area contributed by atoms with Crippen LogP contribution in [0.5, 0.6) is 11.5 Å². The van der Waals surface area contributed by atoms with E-state index in [9.17, 15) is 0 Å². The number of hydrogen-bond donors (Lipinski definition) is 2. The van der Waals surface area contributed by atoms with E-state index in [1.165, 1.54) is 22.0 Å². The minimum Gasteiger partial charge on any atom is -0.497 e. The molecule has 3 aromatic carbocycles. The first-order valence-electron chi connectivity index (χ1n) is 12.0. The van der Waals surface area contributed by atoms with E-state index in [1.807, 2.05) is 30.5 Å². The lowest BCUT2D eigenvalue weighted by atomic mass is 10.0. The molecule has 1 aromatic heterocycles. The van der Waals surface area contributed by atoms with E-state index < -0.39 is 0 Å². The predicted octanol–water partition coefficient (Wildman–Crippen LogP) is 4.38. The molecule has 1 aliphatic heterocycles. The van der Waals surface area contributed by atoms with Crippen LogP contribution < -0.4 is 25.0 Å². The van der Waals surface area contributed by atoms with Gasteiger partial charge in [-0.15, -0.1) is 0 Å². The molecule has 0 radical (unpaired) electrons. The smallest absolute Gasteiger partial charge is 0.223 e. The maximum absolute atomic E-state index is 5.51. The van der Waals surface area contributed by atoms with Crippen LogP contribution in [0.2, 0.25) is 0 Å². The van der Waals surface area contributed by atoms with Crippen LogP contribution in [0.1, 0.15) is 5.56 Å². The van der Waals surface area contributed by atoms with E-state index in [0.29, 0.717) is 5.95 Å². The van der Waals surface area contributed by atoms with E-state index in [2.05, 4.69) is 56.9 Å². The van der Waals surface area contributed by atoms with Gasteiger partial charge in [0.15, 0.2) is 0 Å². The molecule has 1 aliphatic rings. The average Bonchev–Trinajstić information content (AvgIpc) is 2.93. The lowest BCUT2D eigenvalue weighted by Gasteiger charge is -2.31. The molecule has 0 aliphatic carbocycles. The zero-order valence-electron chi connectivity index (χ0n) is 20.3. The highest BCUT2D eigenvalue weighted by atomic mass is 16.5. The summed E-state index contributed by atoms with van der Waals surface area (Å²) in [5.74, 6) is 2.37. The second kappa shape index (κ2) is 10.6. The van der Waals surface area contributed by atoms with Gasteiger partial charge in [0.2, 0.25) is 5.95 Å². The molecule has 0 spiro atoms. The van der Waals surface area contributed by atoms with Crippen molar-refractivity contribution in [3.05, 3.63) is 72.4 Å². The summed E-state index contributed by atoms with van der Waals surface area (Å²) in [6.07, 6.45) is 2.68. The minimum atomic E-state index is 0.629. The van der Waals surface area contributed by atoms with Crippen molar-refractivity contribution in [3.63, 3.8) is 0 Å². The molecule has 0 amide bonds. The molecule has 180 valence electrons. The Morgan fingerprint density at radius 1 is 0.943 bits per heavy atom. The molecule has 35 heavy (non-hydrogen) atoms. The third-order valence-electron chi connectivity index (χ3n) is 6.38. The van der Waals surface area contributed by atoms with Crippen molar-refractivity contribution in [1.29, 1.82) is 0 Å². The van der Waals surface area contributed by atoms with E-state index in [0.717, 1.165) is 61.9 Å². The number of nitrogens with one attached hydrogen (secondary N) is 2. The highest BCUT2D eigenvalue weighted by Gasteiger charge is 2.16. The Morgan fingerprint density at radius 3 is 2.60 bits per heavy atom. The first kappa shape index (κ1) is 22.9. The third kappa shape index (κ3) is 5.30. The van der Waals surface area contributed by atoms with Gasteiger partial charge in [0.25, 0.3) is 0 Å². The maximum atomic E-state index is 5.51. The summed E-state index contributed by atoms with van der Waals surface area (Å²) in [6, 6.07) is 20.8. The first-order chi connectivity index (χ1) is 17.2. The monoisotopic (exact) mass is 469 g/mol. The number of nitrogens with zero attached hydrogens (tertiary/aromatic N) is 3. The lowest BCUT2D eigenvalue weighted by Crippen LogP contribution is -2.43. The summed E-state index contributed by atoms with van der Waals surface area (Å²) in [7, 11) is 3.40. The Hall–Kier alpha value is -3.84. The van der Waals surface area contributed by atoms with E-state index in [4.69, 9.17) is 14.5 Å². The lowest BCUT2D eigenvalue weighted by molar-refractivity contribution is 0.414. The van der Waals surface area contributed by atoms with E-state index in [-0.39, 0.29) is 0 Å². The Balaban J connectivity index is 1.41. The van der Waals surface area contributed by atoms with E-state index in [1.54, 1.807) is 14.2 Å². The normalized spacial score (nSPS) is 13.6. The van der Waals surface area contributed by atoms with Gasteiger partial charge in [-0.1, -0.05) is 18.2 Å². The van der Waals surface area contributed by atoms with Gasteiger partial charge in [-0.3, -0.25) is 0 Å². The molecule has 4 aromatic rings. The number of rotatable bonds is 8. The van der Waals surface area contributed by atoms with Gasteiger partial charge in [-0.25, -0.2) is 9.97 Å². The largest absolute Gasteiger partial charge is 0.497 e. The van der Waals surface area contributed by atoms with Gasteiger partial charge in [0.05, 0.1) is 19.9 Å². The molecule has 1 saturated heterocycles. The van der Waals surface area contributed by atoms with Crippen molar-refractivity contribution in [1.82, 2.24) is 15.3 Å². The number of benzene rings is 3. The fraction of sp³-hybridized carbons (Fsp3) is 0.286. The molecule has 7 nitrogen and oxygen atoms in total. The SMILES string of the molecule is COc1cccc(CCNc2nccc(-c3cc(N4CCNCC4)c4cc(OC)ccc4c3)n2)c1. The zero-order chi connectivity index (χ0) is 24.0. The Kier molecular flexibility index (Phi) is 6.95. The zero-order valence-corrected chi connectivity index (χ0v) is 20.3. The van der Waals surface area contributed by atoms with Crippen LogP contribution in [0.25, 0.3) is 22.0 Å². The molecule has 1 fully saturated rings. The standard InChI is InChI=1S/C28H31N5O2/c1-34-23-5-3-4-20(16-23)8-10-30-28-31-11-9-26(32-28)22-17-21-6-7-24(35-2)19-25(21)27(18-22)33-14-12-29-13-15-33/h3-7,9,11,16-19,29H,8,10,12-15H2,1-2H3,(H,30,31,32). The van der Waals surface area contributed by atoms with Crippen LogP contribution in [0.4, 0.5) is 11.6 Å². The number of anilines is 2. The molecule has 0 saturated carbocycles. The van der Waals surface area contributed by atoms with Crippen molar-refractivity contribution < 1.29 is 9.47 Å². The minimum absolute atomic E-state index is 0.629. The fourth-order valence-electron chi connectivity index (χ4n) is 4.51. The van der Waals surface area contributed by atoms with Crippen LogP contribution >= 0.6 is 0 Å². The Labute approximate surface area is 206 Å². The van der Waals surface area contributed by atoms with Gasteiger partial charge >= 0.3 is 0 Å². The van der Waals surface area contributed by atoms with Crippen molar-refractivity contribution in [2.24, 2.45) is 0 Å². The second-order valence-corrected chi connectivity index (χ2v) is 8.61. The van der Waals surface area contributed by atoms with Gasteiger partial charge in [-0.05, 0) is 59.8 Å². The molecule has 7 heteroatoms. The molecular formula is C28H31N5O2. The molecule has 0 atom stereocenters.